The third kappa shape index (κ3) is 4.91. The molecule has 2 aromatic carbocycles. The Bertz CT molecular complexity index is 804. The van der Waals surface area contributed by atoms with E-state index >= 15 is 0 Å². The monoisotopic (exact) mass is 370 g/mol. The topological polar surface area (TPSA) is 85.9 Å². The zero-order valence-electron chi connectivity index (χ0n) is 15.2. The Morgan fingerprint density at radius 1 is 1.07 bits per heavy atom. The van der Waals surface area contributed by atoms with Crippen LogP contribution in [-0.2, 0) is 9.59 Å². The van der Waals surface area contributed by atoms with E-state index in [9.17, 15) is 9.59 Å². The molecule has 7 heteroatoms. The lowest BCUT2D eigenvalue weighted by Crippen LogP contribution is -2.51. The highest BCUT2D eigenvalue weighted by atomic mass is 16.6. The summed E-state index contributed by atoms with van der Waals surface area (Å²) in [4.78, 5) is 24.0. The summed E-state index contributed by atoms with van der Waals surface area (Å²) in [5, 5.41) is 0. The molecule has 0 aliphatic carbocycles. The van der Waals surface area contributed by atoms with Crippen LogP contribution in [0.4, 0.5) is 0 Å². The lowest BCUT2D eigenvalue weighted by atomic mass is 10.0. The Morgan fingerprint density at radius 2 is 1.78 bits per heavy atom. The van der Waals surface area contributed by atoms with Gasteiger partial charge in [0.25, 0.3) is 11.8 Å². The Morgan fingerprint density at radius 3 is 2.48 bits per heavy atom. The van der Waals surface area contributed by atoms with Crippen molar-refractivity contribution in [1.82, 2.24) is 10.9 Å². The molecule has 0 fully saturated rings. The molecule has 0 saturated heterocycles. The van der Waals surface area contributed by atoms with Crippen molar-refractivity contribution in [3.05, 3.63) is 54.1 Å². The largest absolute Gasteiger partial charge is 0.485 e. The first-order valence-corrected chi connectivity index (χ1v) is 8.73. The van der Waals surface area contributed by atoms with Crippen molar-refractivity contribution in [2.75, 3.05) is 13.2 Å². The number of carbonyl (C=O) groups is 2. The molecule has 3 rings (SSSR count). The molecule has 1 aliphatic heterocycles. The molecule has 0 spiro atoms. The van der Waals surface area contributed by atoms with E-state index in [1.54, 1.807) is 18.2 Å². The molecule has 27 heavy (non-hydrogen) atoms. The van der Waals surface area contributed by atoms with Gasteiger partial charge < -0.3 is 14.2 Å². The molecule has 0 bridgehead atoms. The second-order valence-electron chi connectivity index (χ2n) is 6.41. The van der Waals surface area contributed by atoms with Crippen molar-refractivity contribution in [1.29, 1.82) is 0 Å². The van der Waals surface area contributed by atoms with Crippen molar-refractivity contribution in [3.8, 4) is 17.2 Å². The number of fused-ring (bicyclic) bond motifs is 1. The first-order chi connectivity index (χ1) is 13.0. The minimum Gasteiger partial charge on any atom is -0.485 e. The van der Waals surface area contributed by atoms with Crippen LogP contribution < -0.4 is 25.1 Å². The van der Waals surface area contributed by atoms with Gasteiger partial charge in [0.05, 0.1) is 0 Å². The van der Waals surface area contributed by atoms with Gasteiger partial charge >= 0.3 is 0 Å². The van der Waals surface area contributed by atoms with E-state index in [1.807, 2.05) is 30.3 Å². The van der Waals surface area contributed by atoms with Crippen LogP contribution in [0, 0.1) is 0 Å². The fourth-order valence-corrected chi connectivity index (χ4v) is 2.49. The fraction of sp³-hybridized carbons (Fsp3) is 0.300. The zero-order chi connectivity index (χ0) is 19.2. The van der Waals surface area contributed by atoms with Gasteiger partial charge in [-0.05, 0) is 35.7 Å². The summed E-state index contributed by atoms with van der Waals surface area (Å²) in [6.07, 6.45) is -0.843. The van der Waals surface area contributed by atoms with Gasteiger partial charge in [0.15, 0.2) is 18.1 Å². The van der Waals surface area contributed by atoms with Crippen LogP contribution in [0.5, 0.6) is 17.2 Å². The highest BCUT2D eigenvalue weighted by molar-refractivity contribution is 5.85. The lowest BCUT2D eigenvalue weighted by molar-refractivity contribution is -0.135. The second-order valence-corrected chi connectivity index (χ2v) is 6.41. The van der Waals surface area contributed by atoms with E-state index in [2.05, 4.69) is 24.7 Å². The summed E-state index contributed by atoms with van der Waals surface area (Å²) in [5.74, 6) is 1.11. The number of rotatable bonds is 5. The minimum atomic E-state index is -0.843. The lowest BCUT2D eigenvalue weighted by Gasteiger charge is -2.25. The molecule has 1 atom stereocenters. The number of benzene rings is 2. The summed E-state index contributed by atoms with van der Waals surface area (Å²) in [7, 11) is 0. The maximum Gasteiger partial charge on any atom is 0.283 e. The highest BCUT2D eigenvalue weighted by Gasteiger charge is 2.27. The molecule has 0 saturated carbocycles. The number of nitrogens with one attached hydrogen (secondary N) is 2. The molecule has 7 nitrogen and oxygen atoms in total. The molecule has 0 unspecified atom stereocenters. The summed E-state index contributed by atoms with van der Waals surface area (Å²) >= 11 is 0. The summed E-state index contributed by atoms with van der Waals surface area (Å²) in [6, 6.07) is 14.6. The predicted octanol–water partition coefficient (Wildman–Crippen LogP) is 2.18. The van der Waals surface area contributed by atoms with Crippen molar-refractivity contribution >= 4 is 11.8 Å². The van der Waals surface area contributed by atoms with Gasteiger partial charge in [0, 0.05) is 0 Å². The molecule has 0 radical (unpaired) electrons. The molecule has 2 amide bonds. The number of amides is 2. The summed E-state index contributed by atoms with van der Waals surface area (Å²) in [5.41, 5.74) is 5.81. The predicted molar refractivity (Wildman–Crippen MR) is 98.7 cm³/mol. The number of hydrazine groups is 1. The van der Waals surface area contributed by atoms with Crippen molar-refractivity contribution in [3.63, 3.8) is 0 Å². The third-order valence-corrected chi connectivity index (χ3v) is 4.04. The smallest absolute Gasteiger partial charge is 0.283 e. The molecule has 0 aromatic heterocycles. The van der Waals surface area contributed by atoms with Gasteiger partial charge in [0.2, 0.25) is 6.10 Å². The van der Waals surface area contributed by atoms with Crippen molar-refractivity contribution in [2.45, 2.75) is 25.9 Å². The molecule has 1 heterocycles. The van der Waals surface area contributed by atoms with Crippen LogP contribution in [0.2, 0.25) is 0 Å². The SMILES string of the molecule is CC(C)c1ccc(OCC(=O)NNC(=O)[C@@H]2COc3ccccc3O2)cc1. The average Bonchev–Trinajstić information content (AvgIpc) is 2.70. The van der Waals surface area contributed by atoms with Crippen LogP contribution >= 0.6 is 0 Å². The van der Waals surface area contributed by atoms with Gasteiger partial charge in [-0.25, -0.2) is 0 Å². The van der Waals surface area contributed by atoms with E-state index in [4.69, 9.17) is 14.2 Å². The normalized spacial score (nSPS) is 15.1. The summed E-state index contributed by atoms with van der Waals surface area (Å²) < 4.78 is 16.4. The molecular weight excluding hydrogens is 348 g/mol. The van der Waals surface area contributed by atoms with Crippen molar-refractivity contribution in [2.24, 2.45) is 0 Å². The Hall–Kier alpha value is -3.22. The first kappa shape index (κ1) is 18.6. The van der Waals surface area contributed by atoms with Gasteiger partial charge in [-0.2, -0.15) is 0 Å². The van der Waals surface area contributed by atoms with Crippen LogP contribution in [0.1, 0.15) is 25.3 Å². The molecule has 142 valence electrons. The van der Waals surface area contributed by atoms with Gasteiger partial charge in [0.1, 0.15) is 12.4 Å². The van der Waals surface area contributed by atoms with Gasteiger partial charge in [-0.15, -0.1) is 0 Å². The molecule has 2 aromatic rings. The van der Waals surface area contributed by atoms with E-state index in [-0.39, 0.29) is 13.2 Å². The van der Waals surface area contributed by atoms with Crippen LogP contribution in [-0.4, -0.2) is 31.1 Å². The summed E-state index contributed by atoms with van der Waals surface area (Å²) in [6.45, 7) is 4.06. The highest BCUT2D eigenvalue weighted by Crippen LogP contribution is 2.30. The average molecular weight is 370 g/mol. The number of para-hydroxylation sites is 2. The van der Waals surface area contributed by atoms with Crippen LogP contribution in [0.15, 0.2) is 48.5 Å². The minimum absolute atomic E-state index is 0.0669. The molecule has 1 aliphatic rings. The zero-order valence-corrected chi connectivity index (χ0v) is 15.2. The van der Waals surface area contributed by atoms with Gasteiger partial charge in [-0.3, -0.25) is 20.4 Å². The molecular formula is C20H22N2O5. The maximum absolute atomic E-state index is 12.1. The first-order valence-electron chi connectivity index (χ1n) is 8.73. The van der Waals surface area contributed by atoms with Crippen LogP contribution in [0.25, 0.3) is 0 Å². The van der Waals surface area contributed by atoms with Crippen molar-refractivity contribution < 1.29 is 23.8 Å². The Kier molecular flexibility index (Phi) is 5.80. The maximum atomic E-state index is 12.1. The van der Waals surface area contributed by atoms with E-state index in [0.29, 0.717) is 23.2 Å². The Labute approximate surface area is 157 Å². The fourth-order valence-electron chi connectivity index (χ4n) is 2.49. The van der Waals surface area contributed by atoms with Crippen LogP contribution in [0.3, 0.4) is 0 Å². The number of ether oxygens (including phenoxy) is 3. The number of carbonyl (C=O) groups excluding carboxylic acids is 2. The third-order valence-electron chi connectivity index (χ3n) is 4.04. The Balaban J connectivity index is 1.42. The second kappa shape index (κ2) is 8.44. The molecule has 2 N–H and O–H groups in total. The number of hydrogen-bond acceptors (Lipinski definition) is 5. The number of hydrogen-bond donors (Lipinski definition) is 2. The quantitative estimate of drug-likeness (QED) is 0.788. The van der Waals surface area contributed by atoms with Gasteiger partial charge in [-0.1, -0.05) is 38.1 Å². The van der Waals surface area contributed by atoms with E-state index in [0.717, 1.165) is 0 Å². The van der Waals surface area contributed by atoms with E-state index < -0.39 is 17.9 Å². The standard InChI is InChI=1S/C20H22N2O5/c1-13(2)14-7-9-15(10-8-14)25-12-19(23)21-22-20(24)18-11-26-16-5-3-4-6-17(16)27-18/h3-10,13,18H,11-12H2,1-2H3,(H,21,23)(H,22,24)/t18-/m0/s1. The van der Waals surface area contributed by atoms with E-state index in [1.165, 1.54) is 5.56 Å².